The molecule has 3 aliphatic carbocycles. The lowest BCUT2D eigenvalue weighted by atomic mass is 9.65. The van der Waals surface area contributed by atoms with Gasteiger partial charge in [0.25, 0.3) is 6.47 Å². The van der Waals surface area contributed by atoms with E-state index in [4.69, 9.17) is 4.74 Å². The molecular weight excluding hydrogens is 236 g/mol. The first-order valence-corrected chi connectivity index (χ1v) is 7.88. The fourth-order valence-corrected chi connectivity index (χ4v) is 5.62. The topological polar surface area (TPSA) is 26.3 Å². The quantitative estimate of drug-likeness (QED) is 0.563. The lowest BCUT2D eigenvalue weighted by Gasteiger charge is -2.41. The second-order valence-electron chi connectivity index (χ2n) is 7.16. The fraction of sp³-hybridized carbons (Fsp3) is 0.824. The Balaban J connectivity index is 2.02. The minimum atomic E-state index is -0.132. The summed E-state index contributed by atoms with van der Waals surface area (Å²) in [6.45, 7) is 7.56. The summed E-state index contributed by atoms with van der Waals surface area (Å²) in [6.07, 6.45) is 9.73. The van der Waals surface area contributed by atoms with E-state index in [1.165, 1.54) is 24.8 Å². The van der Waals surface area contributed by atoms with Gasteiger partial charge in [-0.3, -0.25) is 4.79 Å². The zero-order valence-electron chi connectivity index (χ0n) is 12.4. The molecule has 0 spiro atoms. The van der Waals surface area contributed by atoms with Crippen LogP contribution in [0.1, 0.15) is 59.3 Å². The van der Waals surface area contributed by atoms with Crippen molar-refractivity contribution in [2.75, 3.05) is 0 Å². The summed E-state index contributed by atoms with van der Waals surface area (Å²) in [6, 6.07) is 0. The van der Waals surface area contributed by atoms with Gasteiger partial charge in [0, 0.05) is 5.92 Å². The molecule has 5 unspecified atom stereocenters. The molecule has 2 nitrogen and oxygen atoms in total. The van der Waals surface area contributed by atoms with Gasteiger partial charge in [-0.1, -0.05) is 31.9 Å². The Labute approximate surface area is 116 Å². The number of allylic oxidation sites excluding steroid dienone is 2. The van der Waals surface area contributed by atoms with Crippen LogP contribution in [0.5, 0.6) is 0 Å². The SMILES string of the molecule is CC/C(C)=C\C12CC(OC=O)(CC1C)C1CCCC12. The Morgan fingerprint density at radius 2 is 2.11 bits per heavy atom. The van der Waals surface area contributed by atoms with Crippen molar-refractivity contribution in [3.63, 3.8) is 0 Å². The van der Waals surface area contributed by atoms with Crippen LogP contribution in [-0.4, -0.2) is 12.1 Å². The Hall–Kier alpha value is -0.790. The molecular formula is C17H26O2. The monoisotopic (exact) mass is 262 g/mol. The van der Waals surface area contributed by atoms with E-state index >= 15 is 0 Å². The van der Waals surface area contributed by atoms with Gasteiger partial charge in [0.05, 0.1) is 0 Å². The third-order valence-electron chi connectivity index (χ3n) is 6.41. The predicted octanol–water partition coefficient (Wildman–Crippen LogP) is 4.10. The fourth-order valence-electron chi connectivity index (χ4n) is 5.62. The number of carbonyl (C=O) groups excluding carboxylic acids is 1. The zero-order chi connectivity index (χ0) is 13.7. The predicted molar refractivity (Wildman–Crippen MR) is 75.6 cm³/mol. The zero-order valence-corrected chi connectivity index (χ0v) is 12.4. The van der Waals surface area contributed by atoms with Gasteiger partial charge in [-0.05, 0) is 56.3 Å². The second-order valence-corrected chi connectivity index (χ2v) is 7.16. The van der Waals surface area contributed by atoms with Crippen molar-refractivity contribution in [1.82, 2.24) is 0 Å². The first-order valence-electron chi connectivity index (χ1n) is 7.88. The molecule has 2 heteroatoms. The highest BCUT2D eigenvalue weighted by Crippen LogP contribution is 2.71. The molecule has 0 aromatic rings. The average molecular weight is 262 g/mol. The first kappa shape index (κ1) is 13.2. The van der Waals surface area contributed by atoms with Gasteiger partial charge in [0.15, 0.2) is 0 Å². The standard InChI is InChI=1S/C17H26O2/c1-4-12(2)8-16-10-17(19-11-18,9-13(16)3)15-7-5-6-14(15)16/h8,11,13-15H,4-7,9-10H2,1-3H3/b12-8-. The molecule has 3 saturated carbocycles. The van der Waals surface area contributed by atoms with Crippen LogP contribution < -0.4 is 0 Å². The normalized spacial score (nSPS) is 48.4. The van der Waals surface area contributed by atoms with Gasteiger partial charge in [0.2, 0.25) is 0 Å². The van der Waals surface area contributed by atoms with E-state index in [0.29, 0.717) is 23.7 Å². The minimum absolute atomic E-state index is 0.132. The average Bonchev–Trinajstić information content (AvgIpc) is 3.00. The van der Waals surface area contributed by atoms with Crippen molar-refractivity contribution < 1.29 is 9.53 Å². The summed E-state index contributed by atoms with van der Waals surface area (Å²) in [7, 11) is 0. The van der Waals surface area contributed by atoms with E-state index in [9.17, 15) is 4.79 Å². The molecule has 106 valence electrons. The number of rotatable bonds is 4. The van der Waals surface area contributed by atoms with Crippen molar-refractivity contribution in [2.45, 2.75) is 64.9 Å². The largest absolute Gasteiger partial charge is 0.461 e. The second kappa shape index (κ2) is 4.36. The van der Waals surface area contributed by atoms with Crippen molar-refractivity contribution >= 4 is 6.47 Å². The Bertz CT molecular complexity index is 413. The van der Waals surface area contributed by atoms with Gasteiger partial charge in [-0.15, -0.1) is 0 Å². The molecule has 5 atom stereocenters. The van der Waals surface area contributed by atoms with Gasteiger partial charge < -0.3 is 4.74 Å². The molecule has 0 heterocycles. The van der Waals surface area contributed by atoms with Crippen LogP contribution in [0, 0.1) is 23.2 Å². The van der Waals surface area contributed by atoms with E-state index in [1.54, 1.807) is 0 Å². The lowest BCUT2D eigenvalue weighted by Crippen LogP contribution is -2.40. The van der Waals surface area contributed by atoms with Gasteiger partial charge in [-0.2, -0.15) is 0 Å². The van der Waals surface area contributed by atoms with E-state index in [2.05, 4.69) is 26.8 Å². The molecule has 0 aliphatic heterocycles. The third-order valence-corrected chi connectivity index (χ3v) is 6.41. The van der Waals surface area contributed by atoms with E-state index in [-0.39, 0.29) is 5.60 Å². The molecule has 0 amide bonds. The summed E-state index contributed by atoms with van der Waals surface area (Å²) < 4.78 is 5.70. The lowest BCUT2D eigenvalue weighted by molar-refractivity contribution is -0.149. The Kier molecular flexibility index (Phi) is 3.03. The number of fused-ring (bicyclic) bond motifs is 5. The van der Waals surface area contributed by atoms with Gasteiger partial charge in [-0.25, -0.2) is 0 Å². The van der Waals surface area contributed by atoms with Crippen LogP contribution in [0.3, 0.4) is 0 Å². The van der Waals surface area contributed by atoms with Crippen LogP contribution >= 0.6 is 0 Å². The van der Waals surface area contributed by atoms with Gasteiger partial charge in [0.1, 0.15) is 5.60 Å². The summed E-state index contributed by atoms with van der Waals surface area (Å²) in [4.78, 5) is 11.0. The highest BCUT2D eigenvalue weighted by atomic mass is 16.5. The number of hydrogen-bond acceptors (Lipinski definition) is 2. The maximum Gasteiger partial charge on any atom is 0.293 e. The number of hydrogen-bond donors (Lipinski definition) is 0. The molecule has 19 heavy (non-hydrogen) atoms. The van der Waals surface area contributed by atoms with E-state index < -0.39 is 0 Å². The molecule has 3 fully saturated rings. The molecule has 3 rings (SSSR count). The molecule has 0 N–H and O–H groups in total. The third kappa shape index (κ3) is 1.64. The van der Waals surface area contributed by atoms with E-state index in [1.807, 2.05) is 0 Å². The number of carbonyl (C=O) groups is 1. The smallest absolute Gasteiger partial charge is 0.293 e. The Morgan fingerprint density at radius 1 is 1.37 bits per heavy atom. The van der Waals surface area contributed by atoms with E-state index in [0.717, 1.165) is 25.2 Å². The number of ether oxygens (including phenoxy) is 1. The summed E-state index contributed by atoms with van der Waals surface area (Å²) >= 11 is 0. The van der Waals surface area contributed by atoms with Crippen molar-refractivity contribution in [2.24, 2.45) is 23.2 Å². The molecule has 0 saturated heterocycles. The van der Waals surface area contributed by atoms with Crippen LogP contribution in [-0.2, 0) is 9.53 Å². The summed E-state index contributed by atoms with van der Waals surface area (Å²) in [5.41, 5.74) is 1.68. The first-order chi connectivity index (χ1) is 9.08. The van der Waals surface area contributed by atoms with Crippen molar-refractivity contribution in [1.29, 1.82) is 0 Å². The molecule has 0 aromatic carbocycles. The highest BCUT2D eigenvalue weighted by molar-refractivity contribution is 5.41. The summed E-state index contributed by atoms with van der Waals surface area (Å²) in [5, 5.41) is 0. The minimum Gasteiger partial charge on any atom is -0.461 e. The van der Waals surface area contributed by atoms with Gasteiger partial charge >= 0.3 is 0 Å². The van der Waals surface area contributed by atoms with Crippen LogP contribution in [0.4, 0.5) is 0 Å². The van der Waals surface area contributed by atoms with Crippen LogP contribution in [0.15, 0.2) is 11.6 Å². The maximum absolute atomic E-state index is 11.0. The highest BCUT2D eigenvalue weighted by Gasteiger charge is 2.69. The van der Waals surface area contributed by atoms with Crippen LogP contribution in [0.2, 0.25) is 0 Å². The molecule has 0 radical (unpaired) electrons. The van der Waals surface area contributed by atoms with Crippen molar-refractivity contribution in [3.05, 3.63) is 11.6 Å². The molecule has 2 bridgehead atoms. The molecule has 0 aromatic heterocycles. The molecule has 3 aliphatic rings. The Morgan fingerprint density at radius 3 is 2.79 bits per heavy atom. The maximum atomic E-state index is 11.0. The van der Waals surface area contributed by atoms with Crippen LogP contribution in [0.25, 0.3) is 0 Å². The summed E-state index contributed by atoms with van der Waals surface area (Å²) in [5.74, 6) is 2.01. The van der Waals surface area contributed by atoms with Crippen molar-refractivity contribution in [3.8, 4) is 0 Å².